The van der Waals surface area contributed by atoms with E-state index in [1.807, 2.05) is 12.1 Å². The highest BCUT2D eigenvalue weighted by molar-refractivity contribution is 5.34. The topological polar surface area (TPSA) is 64.9 Å². The van der Waals surface area contributed by atoms with Gasteiger partial charge in [0.2, 0.25) is 0 Å². The smallest absolute Gasteiger partial charge is 0.123 e. The van der Waals surface area contributed by atoms with E-state index in [9.17, 15) is 0 Å². The van der Waals surface area contributed by atoms with Crippen LogP contribution >= 0.6 is 0 Å². The van der Waals surface area contributed by atoms with E-state index in [4.69, 9.17) is 11.5 Å². The number of hydrogen-bond acceptors (Lipinski definition) is 3. The zero-order valence-corrected chi connectivity index (χ0v) is 7.38. The number of nitrogens with two attached hydrogens (primary N) is 2. The molecule has 0 aromatic carbocycles. The van der Waals surface area contributed by atoms with Crippen molar-refractivity contribution in [2.24, 2.45) is 5.73 Å². The number of hydrogen-bond donors (Lipinski definition) is 2. The maximum Gasteiger partial charge on any atom is 0.123 e. The molecule has 0 aliphatic rings. The highest BCUT2D eigenvalue weighted by Gasteiger charge is 1.97. The quantitative estimate of drug-likeness (QED) is 0.704. The van der Waals surface area contributed by atoms with Crippen molar-refractivity contribution < 1.29 is 0 Å². The van der Waals surface area contributed by atoms with Gasteiger partial charge in [-0.3, -0.25) is 0 Å². The number of pyridine rings is 1. The van der Waals surface area contributed by atoms with E-state index >= 15 is 0 Å². The number of aryl methyl sites for hydroxylation is 1. The van der Waals surface area contributed by atoms with Gasteiger partial charge in [0.25, 0.3) is 0 Å². The molecule has 0 saturated carbocycles. The van der Waals surface area contributed by atoms with E-state index in [1.54, 1.807) is 0 Å². The second-order valence-corrected chi connectivity index (χ2v) is 2.85. The molecule has 3 heteroatoms. The minimum Gasteiger partial charge on any atom is -0.384 e. The molecule has 0 atom stereocenters. The first-order valence-corrected chi connectivity index (χ1v) is 4.21. The van der Waals surface area contributed by atoms with Gasteiger partial charge in [0, 0.05) is 12.2 Å². The van der Waals surface area contributed by atoms with Crippen molar-refractivity contribution in [2.45, 2.75) is 26.3 Å². The van der Waals surface area contributed by atoms with Gasteiger partial charge in [-0.1, -0.05) is 13.3 Å². The van der Waals surface area contributed by atoms with Crippen molar-refractivity contribution in [3.05, 3.63) is 23.4 Å². The van der Waals surface area contributed by atoms with E-state index < -0.39 is 0 Å². The first-order chi connectivity index (χ1) is 5.76. The molecule has 66 valence electrons. The Morgan fingerprint density at radius 3 is 2.75 bits per heavy atom. The molecule has 1 rings (SSSR count). The molecule has 12 heavy (non-hydrogen) atoms. The van der Waals surface area contributed by atoms with Gasteiger partial charge >= 0.3 is 0 Å². The van der Waals surface area contributed by atoms with E-state index in [-0.39, 0.29) is 0 Å². The number of rotatable bonds is 3. The fraction of sp³-hybridized carbons (Fsp3) is 0.444. The van der Waals surface area contributed by atoms with Crippen molar-refractivity contribution in [2.75, 3.05) is 5.73 Å². The summed E-state index contributed by atoms with van der Waals surface area (Å²) in [7, 11) is 0. The Hall–Kier alpha value is -1.09. The van der Waals surface area contributed by atoms with Gasteiger partial charge in [0.05, 0.1) is 0 Å². The fourth-order valence-corrected chi connectivity index (χ4v) is 1.18. The number of anilines is 1. The lowest BCUT2D eigenvalue weighted by atomic mass is 10.1. The van der Waals surface area contributed by atoms with Crippen LogP contribution in [0, 0.1) is 0 Å². The molecule has 0 spiro atoms. The molecule has 0 radical (unpaired) electrons. The number of aromatic nitrogens is 1. The molecule has 3 nitrogen and oxygen atoms in total. The Morgan fingerprint density at radius 2 is 2.17 bits per heavy atom. The first kappa shape index (κ1) is 9.00. The largest absolute Gasteiger partial charge is 0.384 e. The molecule has 4 N–H and O–H groups in total. The van der Waals surface area contributed by atoms with Crippen LogP contribution in [0.25, 0.3) is 0 Å². The molecule has 0 aliphatic carbocycles. The minimum absolute atomic E-state index is 0.531. The molecule has 0 amide bonds. The summed E-state index contributed by atoms with van der Waals surface area (Å²) < 4.78 is 0. The minimum atomic E-state index is 0.531. The van der Waals surface area contributed by atoms with Crippen molar-refractivity contribution in [1.29, 1.82) is 0 Å². The average Bonchev–Trinajstić information content (AvgIpc) is 2.04. The molecule has 0 unspecified atom stereocenters. The summed E-state index contributed by atoms with van der Waals surface area (Å²) in [6.07, 6.45) is 2.05. The predicted molar refractivity (Wildman–Crippen MR) is 50.5 cm³/mol. The van der Waals surface area contributed by atoms with Crippen LogP contribution in [0.3, 0.4) is 0 Å². The second-order valence-electron chi connectivity index (χ2n) is 2.85. The van der Waals surface area contributed by atoms with Crippen LogP contribution in [-0.2, 0) is 13.0 Å². The van der Waals surface area contributed by atoms with Gasteiger partial charge in [-0.2, -0.15) is 0 Å². The monoisotopic (exact) mass is 165 g/mol. The Morgan fingerprint density at radius 1 is 1.42 bits per heavy atom. The van der Waals surface area contributed by atoms with Crippen molar-refractivity contribution in [1.82, 2.24) is 4.98 Å². The lowest BCUT2D eigenvalue weighted by Gasteiger charge is -2.03. The number of nitrogens with zero attached hydrogens (tertiary/aromatic N) is 1. The van der Waals surface area contributed by atoms with Crippen LogP contribution in [0.1, 0.15) is 24.6 Å². The molecular weight excluding hydrogens is 150 g/mol. The standard InChI is InChI=1S/C9H15N3/c1-2-3-8-4-7(6-10)5-9(11)12-8/h4-5H,2-3,6,10H2,1H3,(H2,11,12). The van der Waals surface area contributed by atoms with E-state index in [0.29, 0.717) is 12.4 Å². The third-order valence-corrected chi connectivity index (χ3v) is 1.70. The van der Waals surface area contributed by atoms with Crippen molar-refractivity contribution in [3.8, 4) is 0 Å². The van der Waals surface area contributed by atoms with Gasteiger partial charge in [-0.25, -0.2) is 4.98 Å². The second kappa shape index (κ2) is 4.07. The average molecular weight is 165 g/mol. The van der Waals surface area contributed by atoms with Crippen LogP contribution in [0.2, 0.25) is 0 Å². The van der Waals surface area contributed by atoms with Crippen LogP contribution in [0.5, 0.6) is 0 Å². The third kappa shape index (κ3) is 2.20. The Labute approximate surface area is 72.8 Å². The van der Waals surface area contributed by atoms with Crippen LogP contribution < -0.4 is 11.5 Å². The van der Waals surface area contributed by atoms with Gasteiger partial charge < -0.3 is 11.5 Å². The third-order valence-electron chi connectivity index (χ3n) is 1.70. The summed E-state index contributed by atoms with van der Waals surface area (Å²) in [5.41, 5.74) is 13.2. The molecule has 1 aromatic rings. The van der Waals surface area contributed by atoms with Gasteiger partial charge in [-0.15, -0.1) is 0 Å². The van der Waals surface area contributed by atoms with Gasteiger partial charge in [0.15, 0.2) is 0 Å². The molecule has 0 aliphatic heterocycles. The van der Waals surface area contributed by atoms with Crippen LogP contribution in [0.4, 0.5) is 5.82 Å². The fourth-order valence-electron chi connectivity index (χ4n) is 1.18. The SMILES string of the molecule is CCCc1cc(CN)cc(N)n1. The maximum atomic E-state index is 5.60. The van der Waals surface area contributed by atoms with E-state index in [0.717, 1.165) is 24.1 Å². The Balaban J connectivity index is 2.90. The molecule has 1 heterocycles. The highest BCUT2D eigenvalue weighted by atomic mass is 14.8. The summed E-state index contributed by atoms with van der Waals surface area (Å²) in [5, 5.41) is 0. The molecule has 0 fully saturated rings. The maximum absolute atomic E-state index is 5.60. The van der Waals surface area contributed by atoms with Crippen LogP contribution in [-0.4, -0.2) is 4.98 Å². The van der Waals surface area contributed by atoms with Gasteiger partial charge in [-0.05, 0) is 24.1 Å². The number of nitrogen functional groups attached to an aromatic ring is 1. The summed E-state index contributed by atoms with van der Waals surface area (Å²) in [5.74, 6) is 0.571. The molecule has 0 saturated heterocycles. The molecule has 0 bridgehead atoms. The van der Waals surface area contributed by atoms with Crippen molar-refractivity contribution >= 4 is 5.82 Å². The van der Waals surface area contributed by atoms with Gasteiger partial charge in [0.1, 0.15) is 5.82 Å². The summed E-state index contributed by atoms with van der Waals surface area (Å²) in [6, 6.07) is 3.83. The van der Waals surface area contributed by atoms with E-state index in [1.165, 1.54) is 0 Å². The van der Waals surface area contributed by atoms with Crippen LogP contribution in [0.15, 0.2) is 12.1 Å². The van der Waals surface area contributed by atoms with Crippen molar-refractivity contribution in [3.63, 3.8) is 0 Å². The highest BCUT2D eigenvalue weighted by Crippen LogP contribution is 2.08. The Bertz CT molecular complexity index is 258. The zero-order chi connectivity index (χ0) is 8.97. The summed E-state index contributed by atoms with van der Waals surface area (Å²) in [4.78, 5) is 4.19. The summed E-state index contributed by atoms with van der Waals surface area (Å²) in [6.45, 7) is 2.65. The normalized spacial score (nSPS) is 10.2. The summed E-state index contributed by atoms with van der Waals surface area (Å²) >= 11 is 0. The lowest BCUT2D eigenvalue weighted by molar-refractivity contribution is 0.877. The first-order valence-electron chi connectivity index (χ1n) is 4.21. The Kier molecular flexibility index (Phi) is 3.05. The molecule has 1 aromatic heterocycles. The predicted octanol–water partition coefficient (Wildman–Crippen LogP) is 1.08. The zero-order valence-electron chi connectivity index (χ0n) is 7.38. The molecular formula is C9H15N3. The van der Waals surface area contributed by atoms with E-state index in [2.05, 4.69) is 11.9 Å². The lowest BCUT2D eigenvalue weighted by Crippen LogP contribution is -2.02.